The fraction of sp³-hybridized carbons (Fsp3) is 0.438. The Morgan fingerprint density at radius 1 is 1.38 bits per heavy atom. The van der Waals surface area contributed by atoms with Gasteiger partial charge in [0, 0.05) is 22.9 Å². The van der Waals surface area contributed by atoms with Gasteiger partial charge in [0.25, 0.3) is 5.56 Å². The Kier molecular flexibility index (Phi) is 3.91. The van der Waals surface area contributed by atoms with Gasteiger partial charge in [-0.1, -0.05) is 25.4 Å². The number of benzene rings is 1. The molecule has 0 amide bonds. The Bertz CT molecular complexity index is 719. The molecule has 0 atom stereocenters. The molecule has 21 heavy (non-hydrogen) atoms. The van der Waals surface area contributed by atoms with Gasteiger partial charge in [-0.3, -0.25) is 4.79 Å². The molecule has 1 aliphatic heterocycles. The molecule has 1 fully saturated rings. The first kappa shape index (κ1) is 14.4. The van der Waals surface area contributed by atoms with E-state index >= 15 is 0 Å². The molecule has 0 unspecified atom stereocenters. The van der Waals surface area contributed by atoms with Crippen molar-refractivity contribution in [1.82, 2.24) is 4.98 Å². The van der Waals surface area contributed by atoms with E-state index in [-0.39, 0.29) is 11.5 Å². The SMILES string of the molecule is CC(C)c1cc2cc(Cl)c(OCC3COC3)cc2[nH]c1=O. The Hall–Kier alpha value is -1.52. The monoisotopic (exact) mass is 307 g/mol. The lowest BCUT2D eigenvalue weighted by atomic mass is 10.0. The van der Waals surface area contributed by atoms with E-state index < -0.39 is 0 Å². The van der Waals surface area contributed by atoms with Crippen molar-refractivity contribution in [3.05, 3.63) is 39.1 Å². The number of rotatable bonds is 4. The summed E-state index contributed by atoms with van der Waals surface area (Å²) in [6, 6.07) is 5.53. The predicted octanol–water partition coefficient (Wildman–Crippen LogP) is 3.33. The van der Waals surface area contributed by atoms with Crippen LogP contribution in [0.3, 0.4) is 0 Å². The zero-order valence-electron chi connectivity index (χ0n) is 12.1. The highest BCUT2D eigenvalue weighted by molar-refractivity contribution is 6.32. The average molecular weight is 308 g/mol. The lowest BCUT2D eigenvalue weighted by Crippen LogP contribution is -2.32. The van der Waals surface area contributed by atoms with Crippen LogP contribution >= 0.6 is 11.6 Å². The quantitative estimate of drug-likeness (QED) is 0.942. The molecule has 0 aliphatic carbocycles. The van der Waals surface area contributed by atoms with Crippen molar-refractivity contribution in [2.45, 2.75) is 19.8 Å². The maximum Gasteiger partial charge on any atom is 0.251 e. The molecular formula is C16H18ClNO3. The topological polar surface area (TPSA) is 51.3 Å². The van der Waals surface area contributed by atoms with Crippen molar-refractivity contribution < 1.29 is 9.47 Å². The molecule has 1 saturated heterocycles. The molecule has 0 saturated carbocycles. The van der Waals surface area contributed by atoms with Crippen molar-refractivity contribution >= 4 is 22.5 Å². The number of halogens is 1. The van der Waals surface area contributed by atoms with E-state index in [2.05, 4.69) is 4.98 Å². The Morgan fingerprint density at radius 2 is 2.14 bits per heavy atom. The van der Waals surface area contributed by atoms with E-state index in [1.807, 2.05) is 26.0 Å². The smallest absolute Gasteiger partial charge is 0.251 e. The van der Waals surface area contributed by atoms with E-state index in [1.165, 1.54) is 0 Å². The van der Waals surface area contributed by atoms with Gasteiger partial charge in [-0.25, -0.2) is 0 Å². The molecule has 5 heteroatoms. The van der Waals surface area contributed by atoms with Gasteiger partial charge >= 0.3 is 0 Å². The number of fused-ring (bicyclic) bond motifs is 1. The molecule has 112 valence electrons. The summed E-state index contributed by atoms with van der Waals surface area (Å²) in [6.45, 7) is 6.05. The minimum atomic E-state index is -0.0573. The van der Waals surface area contributed by atoms with Gasteiger partial charge < -0.3 is 14.5 Å². The van der Waals surface area contributed by atoms with Gasteiger partial charge in [0.05, 0.1) is 30.4 Å². The van der Waals surface area contributed by atoms with Crippen LogP contribution in [0.4, 0.5) is 0 Å². The fourth-order valence-electron chi connectivity index (χ4n) is 2.35. The van der Waals surface area contributed by atoms with E-state index in [0.717, 1.165) is 29.7 Å². The molecular weight excluding hydrogens is 290 g/mol. The van der Waals surface area contributed by atoms with Crippen LogP contribution < -0.4 is 10.3 Å². The minimum Gasteiger partial charge on any atom is -0.491 e. The Morgan fingerprint density at radius 3 is 2.76 bits per heavy atom. The zero-order valence-corrected chi connectivity index (χ0v) is 12.9. The standard InChI is InChI=1S/C16H18ClNO3/c1-9(2)12-3-11-4-13(17)15(5-14(11)18-16(12)19)21-8-10-6-20-7-10/h3-5,9-10H,6-8H2,1-2H3,(H,18,19). The molecule has 0 spiro atoms. The second-order valence-electron chi connectivity index (χ2n) is 5.79. The summed E-state index contributed by atoms with van der Waals surface area (Å²) in [5.41, 5.74) is 1.45. The second-order valence-corrected chi connectivity index (χ2v) is 6.20. The average Bonchev–Trinajstić information content (AvgIpc) is 2.37. The summed E-state index contributed by atoms with van der Waals surface area (Å²) in [7, 11) is 0. The van der Waals surface area contributed by atoms with Crippen LogP contribution in [0.15, 0.2) is 23.0 Å². The first-order valence-electron chi connectivity index (χ1n) is 7.11. The molecule has 1 aliphatic rings. The third-order valence-electron chi connectivity index (χ3n) is 3.73. The van der Waals surface area contributed by atoms with Gasteiger partial charge in [0.2, 0.25) is 0 Å². The lowest BCUT2D eigenvalue weighted by molar-refractivity contribution is -0.0508. The number of H-pyrrole nitrogens is 1. The fourth-order valence-corrected chi connectivity index (χ4v) is 2.58. The summed E-state index contributed by atoms with van der Waals surface area (Å²) in [6.07, 6.45) is 0. The molecule has 1 aromatic carbocycles. The van der Waals surface area contributed by atoms with E-state index in [4.69, 9.17) is 21.1 Å². The normalized spacial score (nSPS) is 15.4. The highest BCUT2D eigenvalue weighted by Gasteiger charge is 2.19. The number of hydrogen-bond acceptors (Lipinski definition) is 3. The van der Waals surface area contributed by atoms with E-state index in [1.54, 1.807) is 6.07 Å². The number of pyridine rings is 1. The molecule has 4 nitrogen and oxygen atoms in total. The maximum atomic E-state index is 12.0. The summed E-state index contributed by atoms with van der Waals surface area (Å²) < 4.78 is 10.8. The van der Waals surface area contributed by atoms with Crippen LogP contribution in [-0.2, 0) is 4.74 Å². The van der Waals surface area contributed by atoms with Gasteiger partial charge in [0.15, 0.2) is 0 Å². The number of nitrogens with one attached hydrogen (secondary N) is 1. The van der Waals surface area contributed by atoms with Crippen molar-refractivity contribution in [2.75, 3.05) is 19.8 Å². The summed E-state index contributed by atoms with van der Waals surface area (Å²) in [5, 5.41) is 1.48. The Labute approximate surface area is 128 Å². The summed E-state index contributed by atoms with van der Waals surface area (Å²) in [4.78, 5) is 15.0. The van der Waals surface area contributed by atoms with Crippen molar-refractivity contribution in [3.8, 4) is 5.75 Å². The largest absolute Gasteiger partial charge is 0.491 e. The van der Waals surface area contributed by atoms with Crippen molar-refractivity contribution in [3.63, 3.8) is 0 Å². The molecule has 0 bridgehead atoms. The third kappa shape index (κ3) is 2.92. The molecule has 1 aromatic heterocycles. The summed E-state index contributed by atoms with van der Waals surface area (Å²) >= 11 is 6.27. The number of ether oxygens (including phenoxy) is 2. The van der Waals surface area contributed by atoms with Crippen LogP contribution in [0.5, 0.6) is 5.75 Å². The van der Waals surface area contributed by atoms with Crippen LogP contribution in [0.1, 0.15) is 25.3 Å². The van der Waals surface area contributed by atoms with Gasteiger partial charge in [-0.05, 0) is 18.1 Å². The second kappa shape index (κ2) is 5.70. The van der Waals surface area contributed by atoms with Gasteiger partial charge in [-0.15, -0.1) is 0 Å². The molecule has 3 rings (SSSR count). The zero-order chi connectivity index (χ0) is 15.0. The molecule has 1 N–H and O–H groups in total. The van der Waals surface area contributed by atoms with Crippen LogP contribution in [0, 0.1) is 5.92 Å². The summed E-state index contributed by atoms with van der Waals surface area (Å²) in [5.74, 6) is 1.20. The highest BCUT2D eigenvalue weighted by Crippen LogP contribution is 2.30. The van der Waals surface area contributed by atoms with Crippen LogP contribution in [0.2, 0.25) is 5.02 Å². The first-order chi connectivity index (χ1) is 10.0. The van der Waals surface area contributed by atoms with Crippen LogP contribution in [0.25, 0.3) is 10.9 Å². The van der Waals surface area contributed by atoms with Crippen molar-refractivity contribution in [2.24, 2.45) is 5.92 Å². The highest BCUT2D eigenvalue weighted by atomic mass is 35.5. The number of aromatic nitrogens is 1. The molecule has 2 heterocycles. The maximum absolute atomic E-state index is 12.0. The van der Waals surface area contributed by atoms with Gasteiger partial charge in [-0.2, -0.15) is 0 Å². The number of hydrogen-bond donors (Lipinski definition) is 1. The van der Waals surface area contributed by atoms with Crippen molar-refractivity contribution in [1.29, 1.82) is 0 Å². The molecule has 2 aromatic rings. The predicted molar refractivity (Wildman–Crippen MR) is 83.5 cm³/mol. The third-order valence-corrected chi connectivity index (χ3v) is 4.02. The molecule has 0 radical (unpaired) electrons. The van der Waals surface area contributed by atoms with Crippen LogP contribution in [-0.4, -0.2) is 24.8 Å². The first-order valence-corrected chi connectivity index (χ1v) is 7.49. The number of aromatic amines is 1. The lowest BCUT2D eigenvalue weighted by Gasteiger charge is -2.25. The van der Waals surface area contributed by atoms with E-state index in [9.17, 15) is 4.79 Å². The minimum absolute atomic E-state index is 0.0573. The van der Waals surface area contributed by atoms with Gasteiger partial charge in [0.1, 0.15) is 5.75 Å². The van der Waals surface area contributed by atoms with E-state index in [0.29, 0.717) is 23.3 Å². The Balaban J connectivity index is 1.94.